The van der Waals surface area contributed by atoms with E-state index < -0.39 is 34.6 Å². The lowest BCUT2D eigenvalue weighted by atomic mass is 10.3. The van der Waals surface area contributed by atoms with E-state index in [1.807, 2.05) is 0 Å². The van der Waals surface area contributed by atoms with Gasteiger partial charge >= 0.3 is 0 Å². The van der Waals surface area contributed by atoms with Crippen LogP contribution in [-0.4, -0.2) is 0 Å². The Kier molecular flexibility index (Phi) is 3.36. The molecule has 0 atom stereocenters. The zero-order valence-corrected chi connectivity index (χ0v) is 8.79. The molecule has 0 fully saturated rings. The Bertz CT molecular complexity index is 517. The lowest BCUT2D eigenvalue weighted by molar-refractivity contribution is 0.576. The van der Waals surface area contributed by atoms with Crippen LogP contribution in [0.25, 0.3) is 0 Å². The van der Waals surface area contributed by atoms with Gasteiger partial charge in [-0.05, 0) is 30.3 Å². The summed E-state index contributed by atoms with van der Waals surface area (Å²) in [7, 11) is 0. The lowest BCUT2D eigenvalue weighted by Gasteiger charge is -1.98. The van der Waals surface area contributed by atoms with Gasteiger partial charge in [0.05, 0.1) is 0 Å². The quantitative estimate of drug-likeness (QED) is 0.557. The minimum atomic E-state index is -1.02. The van der Waals surface area contributed by atoms with Crippen molar-refractivity contribution in [3.8, 4) is 0 Å². The second-order valence-corrected chi connectivity index (χ2v) is 3.27. The van der Waals surface area contributed by atoms with Crippen LogP contribution in [0.4, 0.5) is 28.9 Å². The van der Waals surface area contributed by atoms with Gasteiger partial charge in [-0.3, -0.25) is 0 Å². The molecule has 0 amide bonds. The summed E-state index contributed by atoms with van der Waals surface area (Å²) in [6.45, 7) is 0. The van der Waals surface area contributed by atoms with Gasteiger partial charge in [0.2, 0.25) is 0 Å². The number of rotatable bonds is 2. The average Bonchev–Trinajstić information content (AvgIpc) is 2.31. The molecular weight excluding hydrogens is 248 g/mol. The lowest BCUT2D eigenvalue weighted by Crippen LogP contribution is -1.83. The average molecular weight is 253 g/mol. The van der Waals surface area contributed by atoms with Gasteiger partial charge in [-0.2, -0.15) is 0 Å². The molecule has 0 heterocycles. The van der Waals surface area contributed by atoms with Gasteiger partial charge in [-0.15, -0.1) is 10.2 Å². The van der Waals surface area contributed by atoms with Crippen molar-refractivity contribution in [2.45, 2.75) is 0 Å². The van der Waals surface area contributed by atoms with Crippen LogP contribution < -0.4 is 0 Å². The Morgan fingerprint density at radius 3 is 1.67 bits per heavy atom. The second-order valence-electron chi connectivity index (χ2n) is 3.27. The SMILES string of the molecule is Fc1c[c]cc(F)c1/N=N/c1c(F)cccc1F. The van der Waals surface area contributed by atoms with Gasteiger partial charge in [-0.25, -0.2) is 17.6 Å². The summed E-state index contributed by atoms with van der Waals surface area (Å²) in [6, 6.07) is 6.94. The van der Waals surface area contributed by atoms with Crippen LogP contribution in [0.15, 0.2) is 40.6 Å². The first kappa shape index (κ1) is 12.2. The summed E-state index contributed by atoms with van der Waals surface area (Å²) in [5, 5.41) is 6.35. The smallest absolute Gasteiger partial charge is 0.157 e. The maximum absolute atomic E-state index is 13.2. The molecule has 0 aliphatic heterocycles. The van der Waals surface area contributed by atoms with Crippen molar-refractivity contribution in [2.75, 3.05) is 0 Å². The minimum Gasteiger partial charge on any atom is -0.204 e. The summed E-state index contributed by atoms with van der Waals surface area (Å²) in [5.74, 6) is -3.98. The second kappa shape index (κ2) is 4.95. The summed E-state index contributed by atoms with van der Waals surface area (Å²) in [5.41, 5.74) is -1.43. The zero-order valence-electron chi connectivity index (χ0n) is 8.79. The van der Waals surface area contributed by atoms with E-state index in [0.29, 0.717) is 0 Å². The zero-order chi connectivity index (χ0) is 13.1. The number of hydrogen-bond donors (Lipinski definition) is 0. The molecule has 0 N–H and O–H groups in total. The largest absolute Gasteiger partial charge is 0.204 e. The Morgan fingerprint density at radius 1 is 0.722 bits per heavy atom. The highest BCUT2D eigenvalue weighted by Gasteiger charge is 2.10. The first-order chi connectivity index (χ1) is 8.59. The molecule has 1 radical (unpaired) electrons. The highest BCUT2D eigenvalue weighted by atomic mass is 19.1. The van der Waals surface area contributed by atoms with Crippen molar-refractivity contribution in [2.24, 2.45) is 10.2 Å². The topological polar surface area (TPSA) is 24.7 Å². The highest BCUT2D eigenvalue weighted by molar-refractivity contribution is 5.43. The van der Waals surface area contributed by atoms with E-state index in [1.165, 1.54) is 0 Å². The Morgan fingerprint density at radius 2 is 1.17 bits per heavy atom. The van der Waals surface area contributed by atoms with Gasteiger partial charge in [-0.1, -0.05) is 6.07 Å². The van der Waals surface area contributed by atoms with Crippen molar-refractivity contribution in [1.29, 1.82) is 0 Å². The molecule has 2 aromatic rings. The van der Waals surface area contributed by atoms with Crippen molar-refractivity contribution >= 4 is 11.4 Å². The first-order valence-electron chi connectivity index (χ1n) is 4.80. The molecule has 91 valence electrons. The molecule has 2 nitrogen and oxygen atoms in total. The standard InChI is InChI=1S/C12H5F4N2/c13-7-3-1-4-8(14)11(7)17-18-12-9(15)5-2-6-10(12)16/h1,3-6H/b18-17+. The van der Waals surface area contributed by atoms with Gasteiger partial charge < -0.3 is 0 Å². The molecule has 0 aromatic heterocycles. The fourth-order valence-electron chi connectivity index (χ4n) is 1.22. The molecule has 2 aromatic carbocycles. The van der Waals surface area contributed by atoms with Gasteiger partial charge in [0.25, 0.3) is 0 Å². The van der Waals surface area contributed by atoms with E-state index in [0.717, 1.165) is 30.3 Å². The molecule has 0 saturated heterocycles. The van der Waals surface area contributed by atoms with Crippen LogP contribution in [0, 0.1) is 29.3 Å². The van der Waals surface area contributed by atoms with E-state index in [2.05, 4.69) is 16.3 Å². The number of hydrogen-bond acceptors (Lipinski definition) is 2. The minimum absolute atomic E-state index is 0.705. The third-order valence-electron chi connectivity index (χ3n) is 2.06. The molecule has 6 heteroatoms. The molecular formula is C12H5F4N2. The van der Waals surface area contributed by atoms with E-state index in [9.17, 15) is 17.6 Å². The molecule has 18 heavy (non-hydrogen) atoms. The molecule has 2 rings (SSSR count). The van der Waals surface area contributed by atoms with Gasteiger partial charge in [0, 0.05) is 0 Å². The number of azo groups is 1. The maximum atomic E-state index is 13.2. The molecule has 0 aliphatic carbocycles. The molecule has 0 unspecified atom stereocenters. The van der Waals surface area contributed by atoms with E-state index in [1.54, 1.807) is 0 Å². The number of benzene rings is 2. The van der Waals surface area contributed by atoms with E-state index in [-0.39, 0.29) is 0 Å². The molecule has 0 saturated carbocycles. The summed E-state index contributed by atoms with van der Waals surface area (Å²) in [4.78, 5) is 0. The molecule has 0 bridgehead atoms. The Labute approximate surface area is 99.6 Å². The third-order valence-corrected chi connectivity index (χ3v) is 2.06. The van der Waals surface area contributed by atoms with Crippen LogP contribution >= 0.6 is 0 Å². The maximum Gasteiger partial charge on any atom is 0.157 e. The van der Waals surface area contributed by atoms with Crippen LogP contribution in [-0.2, 0) is 0 Å². The fourth-order valence-corrected chi connectivity index (χ4v) is 1.22. The van der Waals surface area contributed by atoms with E-state index in [4.69, 9.17) is 0 Å². The van der Waals surface area contributed by atoms with E-state index >= 15 is 0 Å². The van der Waals surface area contributed by atoms with Gasteiger partial charge in [0.15, 0.2) is 34.6 Å². The van der Waals surface area contributed by atoms with Crippen LogP contribution in [0.1, 0.15) is 0 Å². The predicted octanol–water partition coefficient (Wildman–Crippen LogP) is 4.46. The first-order valence-corrected chi connectivity index (χ1v) is 4.80. The van der Waals surface area contributed by atoms with Crippen molar-refractivity contribution < 1.29 is 17.6 Å². The summed E-state index contributed by atoms with van der Waals surface area (Å²) in [6.07, 6.45) is 0. The number of nitrogens with zero attached hydrogens (tertiary/aromatic N) is 2. The van der Waals surface area contributed by atoms with Crippen LogP contribution in [0.3, 0.4) is 0 Å². The predicted molar refractivity (Wildman–Crippen MR) is 55.7 cm³/mol. The molecule has 0 spiro atoms. The van der Waals surface area contributed by atoms with Crippen molar-refractivity contribution in [3.63, 3.8) is 0 Å². The highest BCUT2D eigenvalue weighted by Crippen LogP contribution is 2.27. The monoisotopic (exact) mass is 253 g/mol. The van der Waals surface area contributed by atoms with Crippen LogP contribution in [0.5, 0.6) is 0 Å². The third kappa shape index (κ3) is 2.37. The summed E-state index contributed by atoms with van der Waals surface area (Å²) >= 11 is 0. The van der Waals surface area contributed by atoms with Crippen molar-refractivity contribution in [1.82, 2.24) is 0 Å². The normalized spacial score (nSPS) is 11.1. The summed E-state index contributed by atoms with van der Waals surface area (Å²) < 4.78 is 52.6. The Balaban J connectivity index is 2.43. The number of halogens is 4. The van der Waals surface area contributed by atoms with Gasteiger partial charge in [0.1, 0.15) is 0 Å². The van der Waals surface area contributed by atoms with Crippen molar-refractivity contribution in [3.05, 3.63) is 59.7 Å². The fraction of sp³-hybridized carbons (Fsp3) is 0. The Hall–Kier alpha value is -2.24. The van der Waals surface area contributed by atoms with Crippen LogP contribution in [0.2, 0.25) is 0 Å². The molecule has 0 aliphatic rings.